The third kappa shape index (κ3) is 3.64. The zero-order chi connectivity index (χ0) is 16.2. The standard InChI is InChI=1S/C20H19NO2/c1-15-3-2-4-16(13-15)14-21(17-5-9-19(22)10-6-17)18-7-11-20(23)12-8-18/h2-13,22-23H,14H2,1H3. The van der Waals surface area contributed by atoms with Gasteiger partial charge in [0.05, 0.1) is 0 Å². The van der Waals surface area contributed by atoms with E-state index in [4.69, 9.17) is 0 Å². The van der Waals surface area contributed by atoms with Crippen molar-refractivity contribution in [1.29, 1.82) is 0 Å². The third-order valence-electron chi connectivity index (χ3n) is 3.75. The minimum absolute atomic E-state index is 0.245. The van der Waals surface area contributed by atoms with Crippen LogP contribution >= 0.6 is 0 Å². The number of hydrogen-bond acceptors (Lipinski definition) is 3. The Balaban J connectivity index is 1.98. The Morgan fingerprint density at radius 2 is 1.26 bits per heavy atom. The van der Waals surface area contributed by atoms with Gasteiger partial charge in [0.1, 0.15) is 11.5 Å². The van der Waals surface area contributed by atoms with E-state index in [9.17, 15) is 10.2 Å². The van der Waals surface area contributed by atoms with Crippen molar-refractivity contribution >= 4 is 11.4 Å². The zero-order valence-electron chi connectivity index (χ0n) is 13.0. The molecule has 3 heteroatoms. The Morgan fingerprint density at radius 3 is 1.74 bits per heavy atom. The number of anilines is 2. The van der Waals surface area contributed by atoms with Crippen molar-refractivity contribution in [2.75, 3.05) is 4.90 Å². The summed E-state index contributed by atoms with van der Waals surface area (Å²) in [5.41, 5.74) is 4.38. The van der Waals surface area contributed by atoms with Gasteiger partial charge in [0.15, 0.2) is 0 Å². The summed E-state index contributed by atoms with van der Waals surface area (Å²) in [4.78, 5) is 2.15. The minimum atomic E-state index is 0.245. The molecule has 0 radical (unpaired) electrons. The van der Waals surface area contributed by atoms with Crippen molar-refractivity contribution in [3.63, 3.8) is 0 Å². The molecule has 0 spiro atoms. The van der Waals surface area contributed by atoms with Gasteiger partial charge in [-0.3, -0.25) is 0 Å². The molecule has 0 fully saturated rings. The van der Waals surface area contributed by atoms with Gasteiger partial charge in [-0.2, -0.15) is 0 Å². The summed E-state index contributed by atoms with van der Waals surface area (Å²) in [7, 11) is 0. The fraction of sp³-hybridized carbons (Fsp3) is 0.100. The van der Waals surface area contributed by atoms with Gasteiger partial charge in [-0.25, -0.2) is 0 Å². The largest absolute Gasteiger partial charge is 0.508 e. The van der Waals surface area contributed by atoms with Gasteiger partial charge in [-0.05, 0) is 61.0 Å². The number of phenols is 2. The van der Waals surface area contributed by atoms with Gasteiger partial charge in [0.25, 0.3) is 0 Å². The van der Waals surface area contributed by atoms with Crippen LogP contribution in [0, 0.1) is 6.92 Å². The molecule has 23 heavy (non-hydrogen) atoms. The first-order valence-electron chi connectivity index (χ1n) is 7.53. The average Bonchev–Trinajstić information content (AvgIpc) is 2.55. The summed E-state index contributed by atoms with van der Waals surface area (Å²) in [6, 6.07) is 22.7. The van der Waals surface area contributed by atoms with E-state index in [2.05, 4.69) is 36.1 Å². The third-order valence-corrected chi connectivity index (χ3v) is 3.75. The molecule has 0 aliphatic carbocycles. The molecular formula is C20H19NO2. The van der Waals surface area contributed by atoms with Crippen LogP contribution in [0.15, 0.2) is 72.8 Å². The van der Waals surface area contributed by atoms with Crippen molar-refractivity contribution in [3.05, 3.63) is 83.9 Å². The first-order chi connectivity index (χ1) is 11.1. The van der Waals surface area contributed by atoms with Gasteiger partial charge in [0, 0.05) is 17.9 Å². The Bertz CT molecular complexity index is 734. The van der Waals surface area contributed by atoms with Crippen LogP contribution in [0.5, 0.6) is 11.5 Å². The predicted octanol–water partition coefficient (Wildman–Crippen LogP) is 4.74. The van der Waals surface area contributed by atoms with E-state index < -0.39 is 0 Å². The second-order valence-electron chi connectivity index (χ2n) is 5.61. The van der Waals surface area contributed by atoms with E-state index >= 15 is 0 Å². The van der Waals surface area contributed by atoms with Crippen molar-refractivity contribution in [2.45, 2.75) is 13.5 Å². The molecule has 0 bridgehead atoms. The Morgan fingerprint density at radius 1 is 0.739 bits per heavy atom. The summed E-state index contributed by atoms with van der Waals surface area (Å²) in [6.07, 6.45) is 0. The SMILES string of the molecule is Cc1cccc(CN(c2ccc(O)cc2)c2ccc(O)cc2)c1. The smallest absolute Gasteiger partial charge is 0.115 e. The first kappa shape index (κ1) is 15.0. The zero-order valence-corrected chi connectivity index (χ0v) is 13.0. The van der Waals surface area contributed by atoms with Crippen LogP contribution in [0.25, 0.3) is 0 Å². The van der Waals surface area contributed by atoms with Crippen molar-refractivity contribution in [2.24, 2.45) is 0 Å². The minimum Gasteiger partial charge on any atom is -0.508 e. The average molecular weight is 305 g/mol. The van der Waals surface area contributed by atoms with Gasteiger partial charge in [0.2, 0.25) is 0 Å². The molecule has 3 aromatic rings. The summed E-state index contributed by atoms with van der Waals surface area (Å²) < 4.78 is 0. The molecule has 0 heterocycles. The van der Waals surface area contributed by atoms with E-state index in [1.165, 1.54) is 11.1 Å². The second kappa shape index (κ2) is 6.44. The lowest BCUT2D eigenvalue weighted by Gasteiger charge is -2.25. The first-order valence-corrected chi connectivity index (χ1v) is 7.53. The normalized spacial score (nSPS) is 10.5. The second-order valence-corrected chi connectivity index (χ2v) is 5.61. The van der Waals surface area contributed by atoms with Crippen LogP contribution in [-0.4, -0.2) is 10.2 Å². The molecule has 3 rings (SSSR count). The Labute approximate surface area is 136 Å². The van der Waals surface area contributed by atoms with E-state index in [0.29, 0.717) is 6.54 Å². The number of aryl methyl sites for hydroxylation is 1. The molecule has 0 aliphatic rings. The van der Waals surface area contributed by atoms with Crippen molar-refractivity contribution in [3.8, 4) is 11.5 Å². The lowest BCUT2D eigenvalue weighted by Crippen LogP contribution is -2.16. The maximum atomic E-state index is 9.52. The fourth-order valence-corrected chi connectivity index (χ4v) is 2.59. The molecule has 2 N–H and O–H groups in total. The van der Waals surface area contributed by atoms with Crippen LogP contribution < -0.4 is 4.90 Å². The molecule has 0 saturated carbocycles. The lowest BCUT2D eigenvalue weighted by atomic mass is 10.1. The molecule has 0 aliphatic heterocycles. The summed E-state index contributed by atoms with van der Waals surface area (Å²) in [6.45, 7) is 2.78. The number of aromatic hydroxyl groups is 2. The van der Waals surface area contributed by atoms with Crippen LogP contribution in [0.4, 0.5) is 11.4 Å². The summed E-state index contributed by atoms with van der Waals surface area (Å²) >= 11 is 0. The molecule has 3 aromatic carbocycles. The van der Waals surface area contributed by atoms with Crippen molar-refractivity contribution in [1.82, 2.24) is 0 Å². The van der Waals surface area contributed by atoms with Gasteiger partial charge < -0.3 is 15.1 Å². The molecule has 0 atom stereocenters. The summed E-state index contributed by atoms with van der Waals surface area (Å²) in [5, 5.41) is 19.0. The highest BCUT2D eigenvalue weighted by Crippen LogP contribution is 2.30. The van der Waals surface area contributed by atoms with E-state index in [0.717, 1.165) is 11.4 Å². The maximum Gasteiger partial charge on any atom is 0.115 e. The van der Waals surface area contributed by atoms with Gasteiger partial charge in [-0.1, -0.05) is 29.8 Å². The van der Waals surface area contributed by atoms with E-state index in [1.54, 1.807) is 24.3 Å². The maximum absolute atomic E-state index is 9.52. The van der Waals surface area contributed by atoms with E-state index in [1.807, 2.05) is 24.3 Å². The lowest BCUT2D eigenvalue weighted by molar-refractivity contribution is 0.475. The van der Waals surface area contributed by atoms with Crippen molar-refractivity contribution < 1.29 is 10.2 Å². The monoisotopic (exact) mass is 305 g/mol. The molecule has 0 aromatic heterocycles. The highest BCUT2D eigenvalue weighted by molar-refractivity contribution is 5.64. The molecule has 0 amide bonds. The van der Waals surface area contributed by atoms with Crippen LogP contribution in [0.2, 0.25) is 0 Å². The topological polar surface area (TPSA) is 43.7 Å². The number of hydrogen-bond donors (Lipinski definition) is 2. The highest BCUT2D eigenvalue weighted by Gasteiger charge is 2.10. The Hall–Kier alpha value is -2.94. The molecule has 0 saturated heterocycles. The van der Waals surface area contributed by atoms with Gasteiger partial charge in [-0.15, -0.1) is 0 Å². The van der Waals surface area contributed by atoms with Crippen LogP contribution in [0.3, 0.4) is 0 Å². The number of phenolic OH excluding ortho intramolecular Hbond substituents is 2. The Kier molecular flexibility index (Phi) is 4.20. The summed E-state index contributed by atoms with van der Waals surface area (Å²) in [5.74, 6) is 0.491. The molecular weight excluding hydrogens is 286 g/mol. The number of rotatable bonds is 4. The number of nitrogens with zero attached hydrogens (tertiary/aromatic N) is 1. The van der Waals surface area contributed by atoms with E-state index in [-0.39, 0.29) is 11.5 Å². The molecule has 3 nitrogen and oxygen atoms in total. The molecule has 0 unspecified atom stereocenters. The quantitative estimate of drug-likeness (QED) is 0.731. The predicted molar refractivity (Wildman–Crippen MR) is 93.2 cm³/mol. The fourth-order valence-electron chi connectivity index (χ4n) is 2.59. The van der Waals surface area contributed by atoms with Gasteiger partial charge >= 0.3 is 0 Å². The highest BCUT2D eigenvalue weighted by atomic mass is 16.3. The van der Waals surface area contributed by atoms with Crippen LogP contribution in [0.1, 0.15) is 11.1 Å². The molecule has 116 valence electrons. The number of benzene rings is 3. The van der Waals surface area contributed by atoms with Crippen LogP contribution in [-0.2, 0) is 6.54 Å².